The van der Waals surface area contributed by atoms with Crippen molar-refractivity contribution in [1.82, 2.24) is 14.9 Å². The number of aryl methyl sites for hydroxylation is 1. The lowest BCUT2D eigenvalue weighted by atomic mass is 9.86. The van der Waals surface area contributed by atoms with E-state index in [1.165, 1.54) is 11.8 Å². The molecule has 0 aliphatic carbocycles. The van der Waals surface area contributed by atoms with E-state index in [-0.39, 0.29) is 28.6 Å². The van der Waals surface area contributed by atoms with Crippen LogP contribution in [0.25, 0.3) is 0 Å². The molecule has 41 heavy (non-hydrogen) atoms. The summed E-state index contributed by atoms with van der Waals surface area (Å²) in [5.74, 6) is 1.82. The Balaban J connectivity index is 1.73. The summed E-state index contributed by atoms with van der Waals surface area (Å²) in [6, 6.07) is 10.9. The van der Waals surface area contributed by atoms with Crippen molar-refractivity contribution >= 4 is 45.0 Å². The van der Waals surface area contributed by atoms with Gasteiger partial charge in [-0.1, -0.05) is 12.1 Å². The van der Waals surface area contributed by atoms with Crippen molar-refractivity contribution in [2.45, 2.75) is 69.6 Å². The van der Waals surface area contributed by atoms with Crippen molar-refractivity contribution in [3.05, 3.63) is 53.1 Å². The second kappa shape index (κ2) is 12.4. The SMILES string of the molecule is Cc1cc(Nc2nc(N)c(C=[NH2+])c(Nc3ccccc3S(=O)(=O)C(C)C)n2)c(OC(C)C)cc1C1CCN(C)CC1. The fourth-order valence-electron chi connectivity index (χ4n) is 5.03. The highest BCUT2D eigenvalue weighted by molar-refractivity contribution is 7.92. The van der Waals surface area contributed by atoms with E-state index in [1.807, 2.05) is 13.8 Å². The maximum atomic E-state index is 13.0. The van der Waals surface area contributed by atoms with E-state index in [0.717, 1.165) is 31.5 Å². The summed E-state index contributed by atoms with van der Waals surface area (Å²) in [6.07, 6.45) is 3.46. The van der Waals surface area contributed by atoms with Gasteiger partial charge in [0.25, 0.3) is 0 Å². The van der Waals surface area contributed by atoms with Crippen LogP contribution in [0, 0.1) is 6.92 Å². The Labute approximate surface area is 243 Å². The number of sulfone groups is 1. The van der Waals surface area contributed by atoms with Gasteiger partial charge in [-0.15, -0.1) is 0 Å². The third kappa shape index (κ3) is 6.79. The summed E-state index contributed by atoms with van der Waals surface area (Å²) in [6.45, 7) is 11.5. The summed E-state index contributed by atoms with van der Waals surface area (Å²) in [7, 11) is -1.41. The Morgan fingerprint density at radius 3 is 2.39 bits per heavy atom. The number of nitrogens with two attached hydrogens (primary N) is 2. The van der Waals surface area contributed by atoms with Crippen LogP contribution in [0.15, 0.2) is 41.3 Å². The number of benzene rings is 2. The Morgan fingerprint density at radius 2 is 1.76 bits per heavy atom. The number of nitrogen functional groups attached to an aromatic ring is 1. The number of para-hydroxylation sites is 1. The van der Waals surface area contributed by atoms with E-state index in [0.29, 0.717) is 28.6 Å². The first kappa shape index (κ1) is 30.3. The third-order valence-corrected chi connectivity index (χ3v) is 9.56. The lowest BCUT2D eigenvalue weighted by Crippen LogP contribution is -2.31. The van der Waals surface area contributed by atoms with Gasteiger partial charge in [-0.25, -0.2) is 8.42 Å². The normalized spacial score (nSPS) is 14.8. The zero-order valence-corrected chi connectivity index (χ0v) is 25.5. The predicted octanol–water partition coefficient (Wildman–Crippen LogP) is 3.81. The molecule has 11 heteroatoms. The van der Waals surface area contributed by atoms with Gasteiger partial charge in [0.15, 0.2) is 21.9 Å². The third-order valence-electron chi connectivity index (χ3n) is 7.34. The van der Waals surface area contributed by atoms with Crippen molar-refractivity contribution in [1.29, 1.82) is 0 Å². The van der Waals surface area contributed by atoms with Gasteiger partial charge in [-0.05, 0) is 109 Å². The number of nitrogens with zero attached hydrogens (tertiary/aromatic N) is 3. The van der Waals surface area contributed by atoms with Crippen molar-refractivity contribution in [3.8, 4) is 5.75 Å². The lowest BCUT2D eigenvalue weighted by Gasteiger charge is -2.30. The van der Waals surface area contributed by atoms with Crippen molar-refractivity contribution in [3.63, 3.8) is 0 Å². The molecule has 3 aromatic rings. The van der Waals surface area contributed by atoms with E-state index in [4.69, 9.17) is 15.9 Å². The molecule has 2 heterocycles. The predicted molar refractivity (Wildman–Crippen MR) is 165 cm³/mol. The molecule has 1 fully saturated rings. The zero-order valence-electron chi connectivity index (χ0n) is 24.7. The largest absolute Gasteiger partial charge is 0.489 e. The monoisotopic (exact) mass is 580 g/mol. The van der Waals surface area contributed by atoms with Crippen molar-refractivity contribution in [2.24, 2.45) is 0 Å². The lowest BCUT2D eigenvalue weighted by molar-refractivity contribution is -0.104. The number of likely N-dealkylation sites (tertiary alicyclic amines) is 1. The van der Waals surface area contributed by atoms with Crippen LogP contribution in [-0.2, 0) is 9.84 Å². The van der Waals surface area contributed by atoms with Crippen LogP contribution in [-0.4, -0.2) is 61.0 Å². The van der Waals surface area contributed by atoms with Gasteiger partial charge in [-0.2, -0.15) is 9.97 Å². The van der Waals surface area contributed by atoms with Gasteiger partial charge < -0.3 is 26.0 Å². The fourth-order valence-corrected chi connectivity index (χ4v) is 6.24. The number of anilines is 5. The van der Waals surface area contributed by atoms with Crippen LogP contribution in [0.1, 0.15) is 63.1 Å². The number of hydrogen-bond donors (Lipinski definition) is 4. The second-order valence-corrected chi connectivity index (χ2v) is 13.6. The Kier molecular flexibility index (Phi) is 9.18. The molecule has 0 radical (unpaired) electrons. The minimum Gasteiger partial charge on any atom is -0.489 e. The molecule has 1 saturated heterocycles. The minimum absolute atomic E-state index is 0.0413. The molecule has 4 rings (SSSR count). The molecule has 0 bridgehead atoms. The van der Waals surface area contributed by atoms with E-state index in [9.17, 15) is 8.42 Å². The van der Waals surface area contributed by atoms with Gasteiger partial charge in [0, 0.05) is 0 Å². The van der Waals surface area contributed by atoms with Crippen molar-refractivity contribution in [2.75, 3.05) is 36.5 Å². The summed E-state index contributed by atoms with van der Waals surface area (Å²) in [5.41, 5.74) is 10.2. The maximum absolute atomic E-state index is 13.0. The number of piperidine rings is 1. The minimum atomic E-state index is -3.57. The number of nitrogens with one attached hydrogen (secondary N) is 2. The summed E-state index contributed by atoms with van der Waals surface area (Å²) in [4.78, 5) is 11.6. The number of aromatic nitrogens is 2. The van der Waals surface area contributed by atoms with Crippen LogP contribution in [0.3, 0.4) is 0 Å². The van der Waals surface area contributed by atoms with Crippen LogP contribution in [0.2, 0.25) is 0 Å². The molecule has 0 unspecified atom stereocenters. The van der Waals surface area contributed by atoms with Crippen LogP contribution >= 0.6 is 0 Å². The van der Waals surface area contributed by atoms with E-state index >= 15 is 0 Å². The first-order chi connectivity index (χ1) is 19.4. The first-order valence-corrected chi connectivity index (χ1v) is 15.5. The smallest absolute Gasteiger partial charge is 0.231 e. The molecule has 0 atom stereocenters. The highest BCUT2D eigenvalue weighted by atomic mass is 32.2. The standard InChI is InChI=1S/C30H41N7O3S/c1-18(2)40-26-16-22(21-11-13-37(6)14-12-21)20(5)15-25(26)34-30-35-28(32)23(17-31)29(36-30)33-24-9-7-8-10-27(24)41(38,39)19(3)4/h7-10,15-19,21,31H,11-14H2,1-6H3,(H4,32,33,34,35,36)/p+1. The van der Waals surface area contributed by atoms with Gasteiger partial charge in [0.2, 0.25) is 5.95 Å². The van der Waals surface area contributed by atoms with E-state index in [2.05, 4.69) is 51.6 Å². The van der Waals surface area contributed by atoms with Crippen LogP contribution in [0.4, 0.5) is 29.0 Å². The maximum Gasteiger partial charge on any atom is 0.231 e. The highest BCUT2D eigenvalue weighted by Crippen LogP contribution is 2.38. The fraction of sp³-hybridized carbons (Fsp3) is 0.433. The molecule has 0 amide bonds. The molecule has 1 aliphatic rings. The number of rotatable bonds is 10. The molecule has 1 aliphatic heterocycles. The first-order valence-electron chi connectivity index (χ1n) is 14.0. The Hall–Kier alpha value is -3.70. The highest BCUT2D eigenvalue weighted by Gasteiger charge is 2.25. The molecule has 2 aromatic carbocycles. The zero-order chi connectivity index (χ0) is 29.9. The van der Waals surface area contributed by atoms with E-state index < -0.39 is 15.1 Å². The van der Waals surface area contributed by atoms with Crippen molar-refractivity contribution < 1.29 is 18.6 Å². The molecule has 0 saturated carbocycles. The summed E-state index contributed by atoms with van der Waals surface area (Å²) >= 11 is 0. The molecule has 0 spiro atoms. The number of hydrogen-bond acceptors (Lipinski definition) is 9. The quantitative estimate of drug-likeness (QED) is 0.263. The molecule has 10 nitrogen and oxygen atoms in total. The van der Waals surface area contributed by atoms with Gasteiger partial charge in [0.05, 0.1) is 27.6 Å². The molecular weight excluding hydrogens is 538 g/mol. The molecule has 220 valence electrons. The summed E-state index contributed by atoms with van der Waals surface area (Å²) < 4.78 is 32.3. The number of ether oxygens (including phenoxy) is 1. The average Bonchev–Trinajstić information content (AvgIpc) is 2.90. The average molecular weight is 581 g/mol. The summed E-state index contributed by atoms with van der Waals surface area (Å²) in [5, 5.41) is 11.7. The molecule has 6 N–H and O–H groups in total. The van der Waals surface area contributed by atoms with Gasteiger partial charge in [0.1, 0.15) is 17.1 Å². The second-order valence-electron chi connectivity index (χ2n) is 11.2. The molecule has 1 aromatic heterocycles. The van der Waals surface area contributed by atoms with Gasteiger partial charge in [-0.3, -0.25) is 5.41 Å². The van der Waals surface area contributed by atoms with Crippen LogP contribution < -0.4 is 26.5 Å². The van der Waals surface area contributed by atoms with E-state index in [1.54, 1.807) is 38.1 Å². The Morgan fingerprint density at radius 1 is 1.07 bits per heavy atom. The topological polar surface area (TPSA) is 148 Å². The van der Waals surface area contributed by atoms with Crippen LogP contribution in [0.5, 0.6) is 5.75 Å². The van der Waals surface area contributed by atoms with Gasteiger partial charge >= 0.3 is 0 Å². The Bertz CT molecular complexity index is 1510. The molecular formula is C30H42N7O3S+.